The third-order valence-electron chi connectivity index (χ3n) is 2.82. The number of benzene rings is 1. The van der Waals surface area contributed by atoms with Gasteiger partial charge in [-0.3, -0.25) is 10.1 Å². The summed E-state index contributed by atoms with van der Waals surface area (Å²) in [6, 6.07) is 1.55. The molecule has 0 amide bonds. The summed E-state index contributed by atoms with van der Waals surface area (Å²) in [5, 5.41) is 10.9. The molecule has 0 saturated carbocycles. The van der Waals surface area contributed by atoms with Crippen molar-refractivity contribution in [1.82, 2.24) is 0 Å². The number of halogens is 3. The van der Waals surface area contributed by atoms with Crippen LogP contribution in [-0.4, -0.2) is 11.5 Å². The molecule has 0 atom stereocenters. The van der Waals surface area contributed by atoms with Crippen molar-refractivity contribution >= 4 is 11.3 Å². The molecule has 0 radical (unpaired) electrons. The summed E-state index contributed by atoms with van der Waals surface area (Å²) in [6.45, 7) is 7.32. The Hall–Kier alpha value is -2.05. The first-order valence-electron chi connectivity index (χ1n) is 6.36. The molecule has 0 aromatic heterocycles. The lowest BCUT2D eigenvalue weighted by atomic mass is 10.0. The molecule has 21 heavy (non-hydrogen) atoms. The molecule has 1 aromatic rings. The molecule has 0 N–H and O–H groups in total. The van der Waals surface area contributed by atoms with E-state index in [9.17, 15) is 23.3 Å². The zero-order chi connectivity index (χ0) is 16.2. The van der Waals surface area contributed by atoms with Crippen molar-refractivity contribution in [3.05, 3.63) is 40.0 Å². The van der Waals surface area contributed by atoms with Gasteiger partial charge >= 0.3 is 6.18 Å². The number of ether oxygens (including phenoxy) is 1. The number of nitro groups is 1. The van der Waals surface area contributed by atoms with Crippen molar-refractivity contribution in [2.45, 2.75) is 32.9 Å². The van der Waals surface area contributed by atoms with Crippen molar-refractivity contribution in [1.29, 1.82) is 0 Å². The molecule has 0 heterocycles. The molecule has 1 aromatic carbocycles. The average molecular weight is 303 g/mol. The van der Waals surface area contributed by atoms with Crippen LogP contribution in [0, 0.1) is 10.1 Å². The SMILES string of the molecule is C=C(C)c1cc(C(F)(F)F)c([N+](=O)[O-])cc1OCCCC. The van der Waals surface area contributed by atoms with E-state index in [1.807, 2.05) is 6.92 Å². The Bertz CT molecular complexity index is 553. The van der Waals surface area contributed by atoms with Gasteiger partial charge in [-0.15, -0.1) is 0 Å². The fourth-order valence-electron chi connectivity index (χ4n) is 1.73. The standard InChI is InChI=1S/C14H16F3NO3/c1-4-5-6-21-13-8-12(18(19)20)11(14(15,16)17)7-10(13)9(2)3/h7-8H,2,4-6H2,1,3H3. The maximum Gasteiger partial charge on any atom is 0.423 e. The van der Waals surface area contributed by atoms with Gasteiger partial charge in [0.15, 0.2) is 0 Å². The molecule has 0 aliphatic rings. The number of allylic oxidation sites excluding steroid dienone is 1. The third-order valence-corrected chi connectivity index (χ3v) is 2.82. The van der Waals surface area contributed by atoms with E-state index in [1.165, 1.54) is 6.92 Å². The Balaban J connectivity index is 3.40. The van der Waals surface area contributed by atoms with Crippen molar-refractivity contribution in [3.63, 3.8) is 0 Å². The van der Waals surface area contributed by atoms with Gasteiger partial charge < -0.3 is 4.74 Å². The van der Waals surface area contributed by atoms with Crippen LogP contribution in [0.3, 0.4) is 0 Å². The minimum Gasteiger partial charge on any atom is -0.493 e. The predicted molar refractivity (Wildman–Crippen MR) is 73.2 cm³/mol. The second-order valence-electron chi connectivity index (χ2n) is 4.60. The van der Waals surface area contributed by atoms with Crippen molar-refractivity contribution in [2.24, 2.45) is 0 Å². The molecule has 0 unspecified atom stereocenters. The van der Waals surface area contributed by atoms with Gasteiger partial charge in [0.05, 0.1) is 17.6 Å². The number of rotatable bonds is 6. The Morgan fingerprint density at radius 2 is 2.05 bits per heavy atom. The lowest BCUT2D eigenvalue weighted by molar-refractivity contribution is -0.388. The summed E-state index contributed by atoms with van der Waals surface area (Å²) in [5.74, 6) is 0.0515. The highest BCUT2D eigenvalue weighted by molar-refractivity contribution is 5.70. The maximum atomic E-state index is 12.9. The highest BCUT2D eigenvalue weighted by atomic mass is 19.4. The van der Waals surface area contributed by atoms with Crippen molar-refractivity contribution in [2.75, 3.05) is 6.61 Å². The van der Waals surface area contributed by atoms with Gasteiger partial charge in [-0.2, -0.15) is 13.2 Å². The quantitative estimate of drug-likeness (QED) is 0.430. The van der Waals surface area contributed by atoms with Crippen LogP contribution in [0.25, 0.3) is 5.57 Å². The van der Waals surface area contributed by atoms with Crippen LogP contribution in [0.1, 0.15) is 37.8 Å². The van der Waals surface area contributed by atoms with Crippen molar-refractivity contribution in [3.8, 4) is 5.75 Å². The van der Waals surface area contributed by atoms with E-state index in [2.05, 4.69) is 6.58 Å². The number of unbranched alkanes of at least 4 members (excludes halogenated alkanes) is 1. The van der Waals surface area contributed by atoms with Gasteiger partial charge in [0.2, 0.25) is 0 Å². The fourth-order valence-corrected chi connectivity index (χ4v) is 1.73. The zero-order valence-corrected chi connectivity index (χ0v) is 11.8. The first-order chi connectivity index (χ1) is 9.68. The summed E-state index contributed by atoms with van der Waals surface area (Å²) < 4.78 is 44.1. The average Bonchev–Trinajstić information content (AvgIpc) is 2.36. The van der Waals surface area contributed by atoms with Gasteiger partial charge in [0.1, 0.15) is 11.3 Å². The van der Waals surface area contributed by atoms with Crippen LogP contribution < -0.4 is 4.74 Å². The number of nitro benzene ring substituents is 1. The molecule has 116 valence electrons. The first-order valence-corrected chi connectivity index (χ1v) is 6.36. The third kappa shape index (κ3) is 4.21. The Morgan fingerprint density at radius 1 is 1.43 bits per heavy atom. The van der Waals surface area contributed by atoms with Gasteiger partial charge in [0, 0.05) is 5.56 Å². The lowest BCUT2D eigenvalue weighted by Crippen LogP contribution is -2.11. The van der Waals surface area contributed by atoms with E-state index in [1.54, 1.807) is 0 Å². The molecular weight excluding hydrogens is 287 g/mol. The van der Waals surface area contributed by atoms with E-state index in [0.717, 1.165) is 18.6 Å². The molecule has 0 spiro atoms. The fraction of sp³-hybridized carbons (Fsp3) is 0.429. The monoisotopic (exact) mass is 303 g/mol. The summed E-state index contributed by atoms with van der Waals surface area (Å²) >= 11 is 0. The van der Waals surface area contributed by atoms with Crippen LogP contribution in [0.2, 0.25) is 0 Å². The normalized spacial score (nSPS) is 11.3. The largest absolute Gasteiger partial charge is 0.493 e. The van der Waals surface area contributed by atoms with E-state index in [-0.39, 0.29) is 17.9 Å². The summed E-state index contributed by atoms with van der Waals surface area (Å²) in [5.41, 5.74) is -1.83. The van der Waals surface area contributed by atoms with Crippen LogP contribution in [0.15, 0.2) is 18.7 Å². The van der Waals surface area contributed by atoms with Crippen LogP contribution in [0.4, 0.5) is 18.9 Å². The van der Waals surface area contributed by atoms with Crippen LogP contribution >= 0.6 is 0 Å². The Kier molecular flexibility index (Phi) is 5.34. The number of alkyl halides is 3. The lowest BCUT2D eigenvalue weighted by Gasteiger charge is -2.15. The second kappa shape index (κ2) is 6.60. The van der Waals surface area contributed by atoms with Crippen LogP contribution in [-0.2, 0) is 6.18 Å². The van der Waals surface area contributed by atoms with E-state index >= 15 is 0 Å². The molecular formula is C14H16F3NO3. The van der Waals surface area contributed by atoms with Gasteiger partial charge in [0.25, 0.3) is 5.69 Å². The minimum absolute atomic E-state index is 0.0515. The van der Waals surface area contributed by atoms with Crippen molar-refractivity contribution < 1.29 is 22.8 Å². The molecule has 0 aliphatic heterocycles. The molecule has 4 nitrogen and oxygen atoms in total. The van der Waals surface area contributed by atoms with E-state index < -0.39 is 22.4 Å². The zero-order valence-electron chi connectivity index (χ0n) is 11.8. The Labute approximate surface area is 120 Å². The van der Waals surface area contributed by atoms with Crippen LogP contribution in [0.5, 0.6) is 5.75 Å². The second-order valence-corrected chi connectivity index (χ2v) is 4.60. The minimum atomic E-state index is -4.81. The smallest absolute Gasteiger partial charge is 0.423 e. The first kappa shape index (κ1) is 17.0. The number of hydrogen-bond donors (Lipinski definition) is 0. The van der Waals surface area contributed by atoms with E-state index in [0.29, 0.717) is 12.0 Å². The molecule has 0 fully saturated rings. The highest BCUT2D eigenvalue weighted by Crippen LogP contribution is 2.41. The predicted octanol–water partition coefficient (Wildman–Crippen LogP) is 4.83. The van der Waals surface area contributed by atoms with E-state index in [4.69, 9.17) is 4.74 Å². The maximum absolute atomic E-state index is 12.9. The number of nitrogens with zero attached hydrogens (tertiary/aromatic N) is 1. The molecule has 7 heteroatoms. The summed E-state index contributed by atoms with van der Waals surface area (Å²) in [4.78, 5) is 9.80. The molecule has 0 aliphatic carbocycles. The summed E-state index contributed by atoms with van der Waals surface area (Å²) in [7, 11) is 0. The topological polar surface area (TPSA) is 52.4 Å². The van der Waals surface area contributed by atoms with Gasteiger partial charge in [-0.05, 0) is 25.0 Å². The van der Waals surface area contributed by atoms with Gasteiger partial charge in [-0.1, -0.05) is 19.9 Å². The summed E-state index contributed by atoms with van der Waals surface area (Å²) in [6.07, 6.45) is -3.27. The highest BCUT2D eigenvalue weighted by Gasteiger charge is 2.39. The molecule has 1 rings (SSSR count). The van der Waals surface area contributed by atoms with Gasteiger partial charge in [-0.25, -0.2) is 0 Å². The number of hydrogen-bond acceptors (Lipinski definition) is 3. The molecule has 0 bridgehead atoms. The molecule has 0 saturated heterocycles. The Morgan fingerprint density at radius 3 is 2.48 bits per heavy atom.